The summed E-state index contributed by atoms with van der Waals surface area (Å²) in [6.07, 6.45) is 9.29. The van der Waals surface area contributed by atoms with E-state index in [-0.39, 0.29) is 0 Å². The Bertz CT molecular complexity index is 910. The molecule has 4 aromatic heterocycles. The van der Waals surface area contributed by atoms with Gasteiger partial charge in [-0.25, -0.2) is 4.98 Å². The van der Waals surface area contributed by atoms with E-state index in [2.05, 4.69) is 38.8 Å². The van der Waals surface area contributed by atoms with Crippen LogP contribution in [0.5, 0.6) is 0 Å². The van der Waals surface area contributed by atoms with Gasteiger partial charge in [0.05, 0.1) is 11.7 Å². The normalized spacial score (nSPS) is 12.2. The van der Waals surface area contributed by atoms with Crippen LogP contribution in [0.25, 0.3) is 27.7 Å². The Morgan fingerprint density at radius 2 is 2.00 bits per heavy atom. The number of fused-ring (bicyclic) bond motifs is 5. The van der Waals surface area contributed by atoms with Gasteiger partial charge < -0.3 is 4.57 Å². The second-order valence-corrected chi connectivity index (χ2v) is 5.49. The highest BCUT2D eigenvalue weighted by Crippen LogP contribution is 2.29. The predicted molar refractivity (Wildman–Crippen MR) is 78.6 cm³/mol. The van der Waals surface area contributed by atoms with Crippen molar-refractivity contribution in [2.24, 2.45) is 5.92 Å². The van der Waals surface area contributed by atoms with E-state index >= 15 is 0 Å². The Morgan fingerprint density at radius 3 is 2.85 bits per heavy atom. The van der Waals surface area contributed by atoms with Crippen molar-refractivity contribution in [2.75, 3.05) is 0 Å². The first-order chi connectivity index (χ1) is 9.75. The molecule has 5 nitrogen and oxygen atoms in total. The molecule has 0 amide bonds. The molecule has 0 aliphatic heterocycles. The van der Waals surface area contributed by atoms with E-state index in [9.17, 15) is 0 Å². The topological polar surface area (TPSA) is 48.0 Å². The van der Waals surface area contributed by atoms with Crippen LogP contribution in [0.15, 0.2) is 37.1 Å². The fourth-order valence-electron chi connectivity index (χ4n) is 2.80. The van der Waals surface area contributed by atoms with Crippen molar-refractivity contribution in [3.63, 3.8) is 0 Å². The smallest absolute Gasteiger partial charge is 0.157 e. The second kappa shape index (κ2) is 4.03. The molecule has 4 rings (SSSR count). The fraction of sp³-hybridized carbons (Fsp3) is 0.267. The molecule has 0 fully saturated rings. The van der Waals surface area contributed by atoms with Crippen LogP contribution in [0, 0.1) is 5.92 Å². The third kappa shape index (κ3) is 1.46. The largest absolute Gasteiger partial charge is 0.325 e. The molecule has 0 saturated heterocycles. The molecule has 0 unspecified atom stereocenters. The van der Waals surface area contributed by atoms with Crippen molar-refractivity contribution >= 4 is 27.7 Å². The minimum atomic E-state index is 0.564. The Labute approximate surface area is 115 Å². The quantitative estimate of drug-likeness (QED) is 0.560. The van der Waals surface area contributed by atoms with Gasteiger partial charge >= 0.3 is 0 Å². The third-order valence-electron chi connectivity index (χ3n) is 3.55. The summed E-state index contributed by atoms with van der Waals surface area (Å²) >= 11 is 0. The van der Waals surface area contributed by atoms with Gasteiger partial charge in [0, 0.05) is 36.7 Å². The van der Waals surface area contributed by atoms with Crippen molar-refractivity contribution < 1.29 is 0 Å². The highest BCUT2D eigenvalue weighted by molar-refractivity contribution is 6.05. The molecule has 4 heterocycles. The van der Waals surface area contributed by atoms with Gasteiger partial charge in [-0.2, -0.15) is 0 Å². The van der Waals surface area contributed by atoms with Crippen LogP contribution in [0.3, 0.4) is 0 Å². The lowest BCUT2D eigenvalue weighted by molar-refractivity contribution is 0.542. The third-order valence-corrected chi connectivity index (χ3v) is 3.55. The van der Waals surface area contributed by atoms with E-state index in [1.165, 1.54) is 5.52 Å². The number of aromatic nitrogens is 5. The summed E-state index contributed by atoms with van der Waals surface area (Å²) in [4.78, 5) is 13.1. The average molecular weight is 265 g/mol. The molecular formula is C15H15N5. The second-order valence-electron chi connectivity index (χ2n) is 5.49. The number of pyridine rings is 1. The van der Waals surface area contributed by atoms with Crippen LogP contribution in [0.2, 0.25) is 0 Å². The minimum absolute atomic E-state index is 0.564. The van der Waals surface area contributed by atoms with Crippen LogP contribution < -0.4 is 0 Å². The monoisotopic (exact) mass is 265 g/mol. The molecular weight excluding hydrogens is 250 g/mol. The fourth-order valence-corrected chi connectivity index (χ4v) is 2.80. The molecule has 100 valence electrons. The molecule has 0 saturated carbocycles. The van der Waals surface area contributed by atoms with Gasteiger partial charge in [0.25, 0.3) is 0 Å². The summed E-state index contributed by atoms with van der Waals surface area (Å²) in [5.41, 5.74) is 4.19. The maximum absolute atomic E-state index is 4.71. The molecule has 0 aliphatic rings. The van der Waals surface area contributed by atoms with Gasteiger partial charge in [-0.1, -0.05) is 13.8 Å². The molecule has 0 radical (unpaired) electrons. The molecule has 0 aromatic carbocycles. The lowest BCUT2D eigenvalue weighted by atomic mass is 10.2. The van der Waals surface area contributed by atoms with Crippen LogP contribution in [0.1, 0.15) is 13.8 Å². The molecule has 4 aromatic rings. The lowest BCUT2D eigenvalue weighted by Crippen LogP contribution is -2.05. The van der Waals surface area contributed by atoms with E-state index in [1.54, 1.807) is 12.4 Å². The molecule has 20 heavy (non-hydrogen) atoms. The predicted octanol–water partition coefficient (Wildman–Crippen LogP) is 2.89. The van der Waals surface area contributed by atoms with Crippen molar-refractivity contribution in [3.8, 4) is 0 Å². The first-order valence-corrected chi connectivity index (χ1v) is 6.79. The van der Waals surface area contributed by atoms with Crippen LogP contribution in [-0.4, -0.2) is 23.9 Å². The number of imidazole rings is 1. The Balaban J connectivity index is 2.22. The maximum atomic E-state index is 4.71. The maximum Gasteiger partial charge on any atom is 0.157 e. The first-order valence-electron chi connectivity index (χ1n) is 6.79. The molecule has 5 heteroatoms. The number of rotatable bonds is 2. The number of hydrogen-bond acceptors (Lipinski definition) is 3. The minimum Gasteiger partial charge on any atom is -0.325 e. The summed E-state index contributed by atoms with van der Waals surface area (Å²) in [6.45, 7) is 5.41. The summed E-state index contributed by atoms with van der Waals surface area (Å²) in [7, 11) is 0. The Kier molecular flexibility index (Phi) is 2.30. The molecule has 0 spiro atoms. The summed E-state index contributed by atoms with van der Waals surface area (Å²) in [6, 6.07) is 2.06. The van der Waals surface area contributed by atoms with Crippen molar-refractivity contribution in [1.29, 1.82) is 0 Å². The van der Waals surface area contributed by atoms with E-state index < -0.39 is 0 Å². The van der Waals surface area contributed by atoms with E-state index in [0.717, 1.165) is 28.7 Å². The van der Waals surface area contributed by atoms with Gasteiger partial charge in [-0.3, -0.25) is 14.4 Å². The van der Waals surface area contributed by atoms with Crippen molar-refractivity contribution in [3.05, 3.63) is 37.1 Å². The molecule has 0 bridgehead atoms. The number of nitrogens with zero attached hydrogens (tertiary/aromatic N) is 5. The summed E-state index contributed by atoms with van der Waals surface area (Å²) in [5, 5.41) is 1.10. The summed E-state index contributed by atoms with van der Waals surface area (Å²) < 4.78 is 4.43. The Morgan fingerprint density at radius 1 is 1.15 bits per heavy atom. The van der Waals surface area contributed by atoms with Gasteiger partial charge in [-0.05, 0) is 12.0 Å². The average Bonchev–Trinajstić information content (AvgIpc) is 2.96. The van der Waals surface area contributed by atoms with E-state index in [0.29, 0.717) is 5.92 Å². The lowest BCUT2D eigenvalue weighted by Gasteiger charge is -2.10. The number of hydrogen-bond donors (Lipinski definition) is 0. The highest BCUT2D eigenvalue weighted by atomic mass is 15.2. The highest BCUT2D eigenvalue weighted by Gasteiger charge is 2.17. The SMILES string of the molecule is CC(C)Cn1c2ccncc2c2nc3cnccn3c21. The standard InChI is InChI=1S/C15H15N5/c1-10(2)9-20-12-3-4-16-7-11(12)14-15(20)19-6-5-17-8-13(19)18-14/h3-8,10H,9H2,1-2H3. The van der Waals surface area contributed by atoms with Gasteiger partial charge in [0.15, 0.2) is 5.65 Å². The molecule has 0 atom stereocenters. The van der Waals surface area contributed by atoms with Crippen LogP contribution in [0.4, 0.5) is 0 Å². The van der Waals surface area contributed by atoms with E-state index in [4.69, 9.17) is 4.98 Å². The zero-order valence-corrected chi connectivity index (χ0v) is 11.5. The van der Waals surface area contributed by atoms with E-state index in [1.807, 2.05) is 18.6 Å². The molecule has 0 N–H and O–H groups in total. The van der Waals surface area contributed by atoms with Gasteiger partial charge in [0.1, 0.15) is 11.2 Å². The Hall–Kier alpha value is -2.43. The van der Waals surface area contributed by atoms with Gasteiger partial charge in [-0.15, -0.1) is 0 Å². The zero-order valence-electron chi connectivity index (χ0n) is 11.5. The van der Waals surface area contributed by atoms with Crippen LogP contribution >= 0.6 is 0 Å². The zero-order chi connectivity index (χ0) is 13.7. The first kappa shape index (κ1) is 11.4. The van der Waals surface area contributed by atoms with Gasteiger partial charge in [0.2, 0.25) is 0 Å². The van der Waals surface area contributed by atoms with Crippen molar-refractivity contribution in [1.82, 2.24) is 23.9 Å². The summed E-state index contributed by atoms with van der Waals surface area (Å²) in [5.74, 6) is 0.564. The van der Waals surface area contributed by atoms with Crippen LogP contribution in [-0.2, 0) is 6.54 Å². The molecule has 0 aliphatic carbocycles. The van der Waals surface area contributed by atoms with Crippen molar-refractivity contribution in [2.45, 2.75) is 20.4 Å².